The molecular formula is C15H19FN2S. The van der Waals surface area contributed by atoms with Crippen molar-refractivity contribution in [3.63, 3.8) is 0 Å². The fourth-order valence-electron chi connectivity index (χ4n) is 2.05. The van der Waals surface area contributed by atoms with E-state index in [1.165, 1.54) is 15.8 Å². The van der Waals surface area contributed by atoms with Crippen molar-refractivity contribution in [1.29, 1.82) is 0 Å². The van der Waals surface area contributed by atoms with Gasteiger partial charge in [-0.3, -0.25) is 4.90 Å². The van der Waals surface area contributed by atoms with Crippen molar-refractivity contribution >= 4 is 11.3 Å². The normalized spacial score (nSPS) is 11.2. The Bertz CT molecular complexity index is 524. The number of thiophene rings is 1. The molecule has 4 heteroatoms. The first-order chi connectivity index (χ1) is 9.17. The second-order valence-corrected chi connectivity index (χ2v) is 5.95. The van der Waals surface area contributed by atoms with Crippen molar-refractivity contribution < 1.29 is 4.39 Å². The first-order valence-electron chi connectivity index (χ1n) is 6.32. The quantitative estimate of drug-likeness (QED) is 0.872. The van der Waals surface area contributed by atoms with Gasteiger partial charge >= 0.3 is 0 Å². The summed E-state index contributed by atoms with van der Waals surface area (Å²) < 4.78 is 13.1. The van der Waals surface area contributed by atoms with Crippen LogP contribution in [0, 0.1) is 5.82 Å². The molecule has 0 spiro atoms. The summed E-state index contributed by atoms with van der Waals surface area (Å²) in [6.45, 7) is 2.57. The third-order valence-corrected chi connectivity index (χ3v) is 3.91. The molecule has 1 aromatic carbocycles. The van der Waals surface area contributed by atoms with Gasteiger partial charge in [-0.2, -0.15) is 0 Å². The van der Waals surface area contributed by atoms with Crippen LogP contribution in [0.25, 0.3) is 0 Å². The predicted octanol–water partition coefficient (Wildman–Crippen LogP) is 3.24. The molecule has 1 heterocycles. The standard InChI is InChI=1S/C15H19FN2S/c1-17-9-14-6-7-15(19-14)11-18(2)10-12-4-3-5-13(16)8-12/h3-8,17H,9-11H2,1-2H3. The second-order valence-electron chi connectivity index (χ2n) is 4.70. The lowest BCUT2D eigenvalue weighted by Gasteiger charge is -2.15. The Kier molecular flexibility index (Phi) is 5.07. The van der Waals surface area contributed by atoms with Gasteiger partial charge in [-0.15, -0.1) is 11.3 Å². The number of rotatable bonds is 6. The Balaban J connectivity index is 1.91. The van der Waals surface area contributed by atoms with Crippen molar-refractivity contribution in [3.05, 3.63) is 57.5 Å². The minimum atomic E-state index is -0.168. The van der Waals surface area contributed by atoms with E-state index in [4.69, 9.17) is 0 Å². The van der Waals surface area contributed by atoms with Crippen molar-refractivity contribution in [1.82, 2.24) is 10.2 Å². The maximum Gasteiger partial charge on any atom is 0.123 e. The number of nitrogens with zero attached hydrogens (tertiary/aromatic N) is 1. The van der Waals surface area contributed by atoms with Gasteiger partial charge < -0.3 is 5.32 Å². The SMILES string of the molecule is CNCc1ccc(CN(C)Cc2cccc(F)c2)s1. The summed E-state index contributed by atoms with van der Waals surface area (Å²) in [5.41, 5.74) is 1.01. The third-order valence-electron chi connectivity index (χ3n) is 2.84. The number of hydrogen-bond donors (Lipinski definition) is 1. The Labute approximate surface area is 117 Å². The first kappa shape index (κ1) is 14.2. The Morgan fingerprint density at radius 3 is 2.68 bits per heavy atom. The molecule has 1 N–H and O–H groups in total. The van der Waals surface area contributed by atoms with Crippen LogP contribution in [0.1, 0.15) is 15.3 Å². The Morgan fingerprint density at radius 1 is 1.16 bits per heavy atom. The van der Waals surface area contributed by atoms with E-state index in [1.807, 2.05) is 24.5 Å². The van der Waals surface area contributed by atoms with E-state index in [0.29, 0.717) is 0 Å². The van der Waals surface area contributed by atoms with Gasteiger partial charge in [-0.25, -0.2) is 4.39 Å². The van der Waals surface area contributed by atoms with E-state index in [9.17, 15) is 4.39 Å². The average Bonchev–Trinajstić information content (AvgIpc) is 2.77. The van der Waals surface area contributed by atoms with Crippen LogP contribution in [0.2, 0.25) is 0 Å². The molecular weight excluding hydrogens is 259 g/mol. The third kappa shape index (κ3) is 4.42. The predicted molar refractivity (Wildman–Crippen MR) is 78.7 cm³/mol. The summed E-state index contributed by atoms with van der Waals surface area (Å²) in [6, 6.07) is 11.1. The minimum absolute atomic E-state index is 0.168. The van der Waals surface area contributed by atoms with Gasteiger partial charge in [0.1, 0.15) is 5.82 Å². The summed E-state index contributed by atoms with van der Waals surface area (Å²) in [5.74, 6) is -0.168. The zero-order valence-corrected chi connectivity index (χ0v) is 12.1. The zero-order chi connectivity index (χ0) is 13.7. The van der Waals surface area contributed by atoms with Crippen LogP contribution in [-0.4, -0.2) is 19.0 Å². The molecule has 0 aliphatic carbocycles. The molecule has 0 bridgehead atoms. The molecule has 102 valence electrons. The molecule has 2 aromatic rings. The van der Waals surface area contributed by atoms with E-state index in [1.54, 1.807) is 12.1 Å². The molecule has 0 saturated heterocycles. The smallest absolute Gasteiger partial charge is 0.123 e. The van der Waals surface area contributed by atoms with E-state index in [2.05, 4.69) is 29.4 Å². The van der Waals surface area contributed by atoms with Crippen molar-refractivity contribution in [2.45, 2.75) is 19.6 Å². The average molecular weight is 278 g/mol. The van der Waals surface area contributed by atoms with E-state index in [0.717, 1.165) is 25.2 Å². The number of halogens is 1. The number of benzene rings is 1. The molecule has 0 amide bonds. The van der Waals surface area contributed by atoms with Crippen LogP contribution >= 0.6 is 11.3 Å². The van der Waals surface area contributed by atoms with Crippen molar-refractivity contribution in [3.8, 4) is 0 Å². The van der Waals surface area contributed by atoms with Gasteiger partial charge in [-0.05, 0) is 43.9 Å². The molecule has 2 nitrogen and oxygen atoms in total. The summed E-state index contributed by atoms with van der Waals surface area (Å²) in [5, 5.41) is 3.15. The highest BCUT2D eigenvalue weighted by molar-refractivity contribution is 7.11. The minimum Gasteiger partial charge on any atom is -0.315 e. The van der Waals surface area contributed by atoms with Gasteiger partial charge in [0.25, 0.3) is 0 Å². The monoisotopic (exact) mass is 278 g/mol. The van der Waals surface area contributed by atoms with Crippen LogP contribution in [0.5, 0.6) is 0 Å². The van der Waals surface area contributed by atoms with Crippen molar-refractivity contribution in [2.75, 3.05) is 14.1 Å². The summed E-state index contributed by atoms with van der Waals surface area (Å²) in [4.78, 5) is 4.88. The maximum atomic E-state index is 13.1. The highest BCUT2D eigenvalue weighted by Gasteiger charge is 2.05. The maximum absolute atomic E-state index is 13.1. The van der Waals surface area contributed by atoms with Crippen molar-refractivity contribution in [2.24, 2.45) is 0 Å². The van der Waals surface area contributed by atoms with Gasteiger partial charge in [-0.1, -0.05) is 12.1 Å². The molecule has 0 fully saturated rings. The summed E-state index contributed by atoms with van der Waals surface area (Å²) in [6.07, 6.45) is 0. The lowest BCUT2D eigenvalue weighted by molar-refractivity contribution is 0.321. The molecule has 0 aliphatic rings. The highest BCUT2D eigenvalue weighted by Crippen LogP contribution is 2.18. The summed E-state index contributed by atoms with van der Waals surface area (Å²) in [7, 11) is 4.01. The Morgan fingerprint density at radius 2 is 1.95 bits per heavy atom. The first-order valence-corrected chi connectivity index (χ1v) is 7.14. The lowest BCUT2D eigenvalue weighted by Crippen LogP contribution is -2.16. The van der Waals surface area contributed by atoms with Crippen LogP contribution < -0.4 is 5.32 Å². The molecule has 1 aromatic heterocycles. The molecule has 0 unspecified atom stereocenters. The topological polar surface area (TPSA) is 15.3 Å². The zero-order valence-electron chi connectivity index (χ0n) is 11.3. The van der Waals surface area contributed by atoms with Gasteiger partial charge in [0, 0.05) is 29.4 Å². The number of hydrogen-bond acceptors (Lipinski definition) is 3. The van der Waals surface area contributed by atoms with Crippen LogP contribution in [0.4, 0.5) is 4.39 Å². The highest BCUT2D eigenvalue weighted by atomic mass is 32.1. The molecule has 0 atom stereocenters. The lowest BCUT2D eigenvalue weighted by atomic mass is 10.2. The van der Waals surface area contributed by atoms with Crippen LogP contribution in [-0.2, 0) is 19.6 Å². The van der Waals surface area contributed by atoms with E-state index >= 15 is 0 Å². The van der Waals surface area contributed by atoms with Crippen LogP contribution in [0.3, 0.4) is 0 Å². The molecule has 0 radical (unpaired) electrons. The van der Waals surface area contributed by atoms with Gasteiger partial charge in [0.2, 0.25) is 0 Å². The largest absolute Gasteiger partial charge is 0.315 e. The molecule has 0 aliphatic heterocycles. The Hall–Kier alpha value is -1.23. The van der Waals surface area contributed by atoms with Crippen LogP contribution in [0.15, 0.2) is 36.4 Å². The summed E-state index contributed by atoms with van der Waals surface area (Å²) >= 11 is 1.82. The number of nitrogens with one attached hydrogen (secondary N) is 1. The second kappa shape index (κ2) is 6.80. The molecule has 2 rings (SSSR count). The fraction of sp³-hybridized carbons (Fsp3) is 0.333. The molecule has 0 saturated carbocycles. The van der Waals surface area contributed by atoms with Gasteiger partial charge in [0.05, 0.1) is 0 Å². The fourth-order valence-corrected chi connectivity index (χ4v) is 3.16. The molecule has 19 heavy (non-hydrogen) atoms. The van der Waals surface area contributed by atoms with E-state index in [-0.39, 0.29) is 5.82 Å². The van der Waals surface area contributed by atoms with Gasteiger partial charge in [0.15, 0.2) is 0 Å². The van der Waals surface area contributed by atoms with E-state index < -0.39 is 0 Å².